The first-order valence-electron chi connectivity index (χ1n) is 9.37. The molecular formula is C25H17Cl2NO2. The molecule has 1 N–H and O–H groups in total. The third-order valence-corrected chi connectivity index (χ3v) is 5.34. The van der Waals surface area contributed by atoms with Crippen LogP contribution in [0.1, 0.15) is 27.0 Å². The van der Waals surface area contributed by atoms with Crippen LogP contribution in [0, 0.1) is 0 Å². The summed E-state index contributed by atoms with van der Waals surface area (Å²) < 4.78 is 0. The second-order valence-corrected chi connectivity index (χ2v) is 7.78. The van der Waals surface area contributed by atoms with Gasteiger partial charge in [-0.05, 0) is 59.5 Å². The van der Waals surface area contributed by atoms with Gasteiger partial charge >= 0.3 is 0 Å². The van der Waals surface area contributed by atoms with E-state index in [-0.39, 0.29) is 11.3 Å². The van der Waals surface area contributed by atoms with Gasteiger partial charge in [0.25, 0.3) is 5.56 Å². The van der Waals surface area contributed by atoms with Crippen LogP contribution in [0.25, 0.3) is 17.0 Å². The van der Waals surface area contributed by atoms with E-state index >= 15 is 0 Å². The van der Waals surface area contributed by atoms with Crippen LogP contribution in [-0.4, -0.2) is 10.8 Å². The molecule has 0 aliphatic heterocycles. The van der Waals surface area contributed by atoms with Crippen molar-refractivity contribution in [1.82, 2.24) is 4.98 Å². The third kappa shape index (κ3) is 4.38. The summed E-state index contributed by atoms with van der Waals surface area (Å²) in [5.74, 6) is -0.362. The van der Waals surface area contributed by atoms with Gasteiger partial charge < -0.3 is 4.98 Å². The molecule has 148 valence electrons. The molecule has 0 radical (unpaired) electrons. The molecule has 0 atom stereocenters. The lowest BCUT2D eigenvalue weighted by atomic mass is 9.94. The maximum atomic E-state index is 13.1. The van der Waals surface area contributed by atoms with Crippen molar-refractivity contribution in [2.75, 3.05) is 0 Å². The Balaban J connectivity index is 1.84. The summed E-state index contributed by atoms with van der Waals surface area (Å²) in [7, 11) is 0. The zero-order chi connectivity index (χ0) is 21.1. The molecule has 0 saturated carbocycles. The molecule has 0 fully saturated rings. The Hall–Kier alpha value is -3.14. The molecule has 0 amide bonds. The van der Waals surface area contributed by atoms with Gasteiger partial charge in [0.2, 0.25) is 0 Å². The number of nitrogens with one attached hydrogen (secondary N) is 1. The highest BCUT2D eigenvalue weighted by Crippen LogP contribution is 2.25. The molecule has 0 aliphatic carbocycles. The first-order valence-corrected chi connectivity index (χ1v) is 10.1. The normalized spacial score (nSPS) is 11.3. The zero-order valence-corrected chi connectivity index (χ0v) is 17.4. The number of halogens is 2. The van der Waals surface area contributed by atoms with Crippen LogP contribution in [0.5, 0.6) is 0 Å². The second kappa shape index (κ2) is 8.70. The third-order valence-electron chi connectivity index (χ3n) is 4.85. The van der Waals surface area contributed by atoms with E-state index in [4.69, 9.17) is 23.2 Å². The Kier molecular flexibility index (Phi) is 5.84. The fourth-order valence-corrected chi connectivity index (χ4v) is 3.70. The number of hydrogen-bond acceptors (Lipinski definition) is 2. The standard InChI is InChI=1S/C25H17Cl2NO2/c26-18-9-6-16(7-10-18)8-13-23(29)24-21(14-17-4-2-1-3-5-17)20-15-19(27)11-12-22(20)28-25(24)30/h1-13,15H,14H2,(H,28,30)/b13-8+. The molecule has 4 aromatic rings. The molecule has 5 heteroatoms. The van der Waals surface area contributed by atoms with Gasteiger partial charge in [0.1, 0.15) is 0 Å². The van der Waals surface area contributed by atoms with Crippen molar-refractivity contribution in [1.29, 1.82) is 0 Å². The van der Waals surface area contributed by atoms with Crippen LogP contribution >= 0.6 is 23.2 Å². The maximum Gasteiger partial charge on any atom is 0.259 e. The minimum absolute atomic E-state index is 0.124. The van der Waals surface area contributed by atoms with E-state index < -0.39 is 5.56 Å². The fourth-order valence-electron chi connectivity index (χ4n) is 3.41. The number of pyridine rings is 1. The molecule has 0 unspecified atom stereocenters. The van der Waals surface area contributed by atoms with Crippen molar-refractivity contribution in [3.63, 3.8) is 0 Å². The van der Waals surface area contributed by atoms with Crippen LogP contribution in [0.2, 0.25) is 10.0 Å². The van der Waals surface area contributed by atoms with Crippen LogP contribution in [0.4, 0.5) is 0 Å². The van der Waals surface area contributed by atoms with Crippen LogP contribution < -0.4 is 5.56 Å². The SMILES string of the molecule is O=C(/C=C/c1ccc(Cl)cc1)c1c(Cc2ccccc2)c2cc(Cl)ccc2[nH]c1=O. The van der Waals surface area contributed by atoms with Gasteiger partial charge in [-0.2, -0.15) is 0 Å². The average molecular weight is 434 g/mol. The number of rotatable bonds is 5. The summed E-state index contributed by atoms with van der Waals surface area (Å²) in [6.07, 6.45) is 3.53. The molecular weight excluding hydrogens is 417 g/mol. The first kappa shape index (κ1) is 20.1. The number of aromatic amines is 1. The molecule has 3 nitrogen and oxygen atoms in total. The summed E-state index contributed by atoms with van der Waals surface area (Å²) in [5, 5.41) is 1.92. The lowest BCUT2D eigenvalue weighted by Gasteiger charge is -2.12. The first-order chi connectivity index (χ1) is 14.5. The van der Waals surface area contributed by atoms with E-state index in [2.05, 4.69) is 4.98 Å². The predicted molar refractivity (Wildman–Crippen MR) is 124 cm³/mol. The molecule has 30 heavy (non-hydrogen) atoms. The quantitative estimate of drug-likeness (QED) is 0.295. The zero-order valence-electron chi connectivity index (χ0n) is 15.9. The van der Waals surface area contributed by atoms with Gasteiger partial charge in [-0.25, -0.2) is 0 Å². The molecule has 1 aromatic heterocycles. The summed E-state index contributed by atoms with van der Waals surface area (Å²) >= 11 is 12.1. The van der Waals surface area contributed by atoms with Crippen molar-refractivity contribution >= 4 is 46.0 Å². The molecule has 1 heterocycles. The highest BCUT2D eigenvalue weighted by molar-refractivity contribution is 6.31. The highest BCUT2D eigenvalue weighted by atomic mass is 35.5. The van der Waals surface area contributed by atoms with E-state index in [9.17, 15) is 9.59 Å². The Labute approximate surface area is 183 Å². The number of benzene rings is 3. The van der Waals surface area contributed by atoms with Crippen LogP contribution in [0.3, 0.4) is 0 Å². The summed E-state index contributed by atoms with van der Waals surface area (Å²) in [5.41, 5.74) is 2.83. The fraction of sp³-hybridized carbons (Fsp3) is 0.0400. The molecule has 4 rings (SSSR count). The van der Waals surface area contributed by atoms with Gasteiger partial charge in [0.05, 0.1) is 5.56 Å². The van der Waals surface area contributed by atoms with Crippen molar-refractivity contribution in [2.24, 2.45) is 0 Å². The lowest BCUT2D eigenvalue weighted by Crippen LogP contribution is -2.20. The highest BCUT2D eigenvalue weighted by Gasteiger charge is 2.18. The van der Waals surface area contributed by atoms with Gasteiger partial charge in [0.15, 0.2) is 5.78 Å². The second-order valence-electron chi connectivity index (χ2n) is 6.91. The number of ketones is 1. The number of carbonyl (C=O) groups is 1. The van der Waals surface area contributed by atoms with Crippen molar-refractivity contribution in [3.8, 4) is 0 Å². The van der Waals surface area contributed by atoms with Crippen molar-refractivity contribution < 1.29 is 4.79 Å². The minimum atomic E-state index is -0.415. The summed E-state index contributed by atoms with van der Waals surface area (Å²) in [6, 6.07) is 22.1. The number of H-pyrrole nitrogens is 1. The van der Waals surface area contributed by atoms with E-state index in [1.807, 2.05) is 30.3 Å². The molecule has 3 aromatic carbocycles. The van der Waals surface area contributed by atoms with Gasteiger partial charge in [-0.3, -0.25) is 9.59 Å². The van der Waals surface area contributed by atoms with E-state index in [0.29, 0.717) is 27.5 Å². The van der Waals surface area contributed by atoms with E-state index in [0.717, 1.165) is 16.5 Å². The Morgan fingerprint density at radius 3 is 2.33 bits per heavy atom. The summed E-state index contributed by atoms with van der Waals surface area (Å²) in [6.45, 7) is 0. The number of fused-ring (bicyclic) bond motifs is 1. The number of allylic oxidation sites excluding steroid dienone is 1. The molecule has 0 saturated heterocycles. The van der Waals surface area contributed by atoms with Gasteiger partial charge in [-0.1, -0.05) is 71.7 Å². The smallest absolute Gasteiger partial charge is 0.259 e. The molecule has 0 spiro atoms. The largest absolute Gasteiger partial charge is 0.321 e. The van der Waals surface area contributed by atoms with Crippen LogP contribution in [-0.2, 0) is 6.42 Å². The Bertz CT molecular complexity index is 1310. The Morgan fingerprint density at radius 1 is 0.900 bits per heavy atom. The lowest BCUT2D eigenvalue weighted by molar-refractivity contribution is 0.104. The molecule has 0 aliphatic rings. The average Bonchev–Trinajstić information content (AvgIpc) is 2.74. The van der Waals surface area contributed by atoms with E-state index in [1.165, 1.54) is 6.08 Å². The van der Waals surface area contributed by atoms with Crippen LogP contribution in [0.15, 0.2) is 83.7 Å². The van der Waals surface area contributed by atoms with Gasteiger partial charge in [0, 0.05) is 20.9 Å². The number of carbonyl (C=O) groups excluding carboxylic acids is 1. The van der Waals surface area contributed by atoms with Crippen molar-refractivity contribution in [3.05, 3.63) is 122 Å². The van der Waals surface area contributed by atoms with E-state index in [1.54, 1.807) is 48.5 Å². The minimum Gasteiger partial charge on any atom is -0.321 e. The topological polar surface area (TPSA) is 49.9 Å². The Morgan fingerprint density at radius 2 is 1.60 bits per heavy atom. The number of aromatic nitrogens is 1. The predicted octanol–water partition coefficient (Wildman–Crippen LogP) is 6.32. The summed E-state index contributed by atoms with van der Waals surface area (Å²) in [4.78, 5) is 28.8. The monoisotopic (exact) mass is 433 g/mol. The van der Waals surface area contributed by atoms with Gasteiger partial charge in [-0.15, -0.1) is 0 Å². The maximum absolute atomic E-state index is 13.1. The van der Waals surface area contributed by atoms with Crippen molar-refractivity contribution in [2.45, 2.75) is 6.42 Å². The number of hydrogen-bond donors (Lipinski definition) is 1. The molecule has 0 bridgehead atoms.